The molecular weight excluding hydrogens is 323 g/mol. The van der Waals surface area contributed by atoms with Gasteiger partial charge in [0, 0.05) is 5.02 Å². The summed E-state index contributed by atoms with van der Waals surface area (Å²) < 4.78 is 60.9. The fraction of sp³-hybridized carbons (Fsp3) is 0.300. The normalized spacial score (nSPS) is 12.7. The van der Waals surface area contributed by atoms with Gasteiger partial charge >= 0.3 is 12.1 Å². The number of alkyl halides is 3. The molecule has 0 spiro atoms. The minimum atomic E-state index is -4.86. The van der Waals surface area contributed by atoms with Crippen LogP contribution in [-0.4, -0.2) is 43.1 Å². The number of hydrogen-bond acceptors (Lipinski definition) is 3. The van der Waals surface area contributed by atoms with Crippen LogP contribution < -0.4 is 0 Å². The third kappa shape index (κ3) is 4.66. The van der Waals surface area contributed by atoms with Crippen molar-refractivity contribution in [1.29, 1.82) is 0 Å². The second-order valence-electron chi connectivity index (χ2n) is 3.74. The van der Waals surface area contributed by atoms with Crippen molar-refractivity contribution in [3.8, 4) is 0 Å². The van der Waals surface area contributed by atoms with E-state index in [2.05, 4.69) is 0 Å². The summed E-state index contributed by atoms with van der Waals surface area (Å²) in [7, 11) is -4.60. The Labute approximate surface area is 117 Å². The van der Waals surface area contributed by atoms with Gasteiger partial charge in [0.2, 0.25) is 10.0 Å². The number of carboxylic acids is 1. The first-order valence-corrected chi connectivity index (χ1v) is 6.88. The van der Waals surface area contributed by atoms with Crippen molar-refractivity contribution in [1.82, 2.24) is 4.31 Å². The third-order valence-electron chi connectivity index (χ3n) is 2.10. The Kier molecular flexibility index (Phi) is 5.00. The van der Waals surface area contributed by atoms with Crippen LogP contribution in [0.5, 0.6) is 0 Å². The molecule has 0 saturated heterocycles. The smallest absolute Gasteiger partial charge is 0.402 e. The molecule has 0 saturated carbocycles. The highest BCUT2D eigenvalue weighted by Gasteiger charge is 2.38. The van der Waals surface area contributed by atoms with Crippen LogP contribution in [0.4, 0.5) is 13.2 Å². The number of carbonyl (C=O) groups is 1. The highest BCUT2D eigenvalue weighted by atomic mass is 35.5. The molecule has 1 rings (SSSR count). The fourth-order valence-corrected chi connectivity index (χ4v) is 3.03. The molecule has 0 radical (unpaired) electrons. The number of rotatable bonds is 5. The van der Waals surface area contributed by atoms with Crippen molar-refractivity contribution in [2.45, 2.75) is 11.1 Å². The minimum Gasteiger partial charge on any atom is -0.480 e. The van der Waals surface area contributed by atoms with E-state index in [4.69, 9.17) is 16.7 Å². The molecule has 1 aromatic rings. The number of benzene rings is 1. The lowest BCUT2D eigenvalue weighted by molar-refractivity contribution is -0.146. The van der Waals surface area contributed by atoms with E-state index in [1.165, 1.54) is 12.1 Å². The van der Waals surface area contributed by atoms with Gasteiger partial charge < -0.3 is 5.11 Å². The monoisotopic (exact) mass is 331 g/mol. The van der Waals surface area contributed by atoms with Crippen LogP contribution in [-0.2, 0) is 14.8 Å². The highest BCUT2D eigenvalue weighted by Crippen LogP contribution is 2.24. The van der Waals surface area contributed by atoms with E-state index in [1.54, 1.807) is 0 Å². The van der Waals surface area contributed by atoms with Gasteiger partial charge in [-0.2, -0.15) is 17.5 Å². The first kappa shape index (κ1) is 16.7. The second-order valence-corrected chi connectivity index (χ2v) is 6.11. The van der Waals surface area contributed by atoms with Gasteiger partial charge in [0.05, 0.1) is 4.90 Å². The van der Waals surface area contributed by atoms with E-state index in [0.29, 0.717) is 0 Å². The lowest BCUT2D eigenvalue weighted by atomic mass is 10.4. The topological polar surface area (TPSA) is 74.7 Å². The van der Waals surface area contributed by atoms with Crippen molar-refractivity contribution in [2.75, 3.05) is 13.1 Å². The van der Waals surface area contributed by atoms with Gasteiger partial charge in [-0.3, -0.25) is 4.79 Å². The minimum absolute atomic E-state index is 0.00774. The molecule has 20 heavy (non-hydrogen) atoms. The standard InChI is InChI=1S/C10H9ClF3NO4S/c11-7-2-1-3-8(4-7)20(18,19)15(5-9(16)17)6-10(12,13)14/h1-4H,5-6H2,(H,16,17). The maximum atomic E-state index is 12.4. The summed E-state index contributed by atoms with van der Waals surface area (Å²) in [4.78, 5) is 10.0. The number of carboxylic acid groups (broad SMARTS) is 1. The Morgan fingerprint density at radius 2 is 1.95 bits per heavy atom. The maximum Gasteiger partial charge on any atom is 0.402 e. The molecule has 0 fully saturated rings. The molecule has 0 bridgehead atoms. The fourth-order valence-electron chi connectivity index (χ4n) is 1.35. The molecule has 0 aliphatic rings. The van der Waals surface area contributed by atoms with Gasteiger partial charge in [-0.1, -0.05) is 17.7 Å². The zero-order valence-electron chi connectivity index (χ0n) is 9.76. The Morgan fingerprint density at radius 1 is 1.35 bits per heavy atom. The van der Waals surface area contributed by atoms with Crippen molar-refractivity contribution in [3.05, 3.63) is 29.3 Å². The summed E-state index contributed by atoms with van der Waals surface area (Å²) in [5, 5.41) is 8.55. The lowest BCUT2D eigenvalue weighted by Gasteiger charge is -2.21. The SMILES string of the molecule is O=C(O)CN(CC(F)(F)F)S(=O)(=O)c1cccc(Cl)c1. The van der Waals surface area contributed by atoms with Gasteiger partial charge in [-0.25, -0.2) is 8.42 Å². The molecule has 0 aliphatic heterocycles. The van der Waals surface area contributed by atoms with Gasteiger partial charge in [-0.15, -0.1) is 0 Å². The van der Waals surface area contributed by atoms with E-state index in [1.807, 2.05) is 0 Å². The average molecular weight is 332 g/mol. The molecule has 10 heteroatoms. The first-order valence-electron chi connectivity index (χ1n) is 5.06. The first-order chi connectivity index (χ1) is 9.02. The van der Waals surface area contributed by atoms with Crippen LogP contribution in [0, 0.1) is 0 Å². The molecule has 0 aliphatic carbocycles. The summed E-state index contributed by atoms with van der Waals surface area (Å²) in [6.45, 7) is -3.19. The molecule has 112 valence electrons. The van der Waals surface area contributed by atoms with Crippen molar-refractivity contribution in [2.24, 2.45) is 0 Å². The number of aliphatic carboxylic acids is 1. The number of sulfonamides is 1. The molecule has 1 N–H and O–H groups in total. The quantitative estimate of drug-likeness (QED) is 0.895. The number of halogens is 4. The second kappa shape index (κ2) is 5.98. The van der Waals surface area contributed by atoms with Gasteiger partial charge in [-0.05, 0) is 18.2 Å². The Hall–Kier alpha value is -1.32. The summed E-state index contributed by atoms with van der Waals surface area (Å²) in [6.07, 6.45) is -4.86. The Morgan fingerprint density at radius 3 is 2.40 bits per heavy atom. The third-order valence-corrected chi connectivity index (χ3v) is 4.12. The zero-order chi connectivity index (χ0) is 15.6. The summed E-state index contributed by atoms with van der Waals surface area (Å²) in [5.74, 6) is -1.69. The van der Waals surface area contributed by atoms with Crippen LogP contribution in [0.1, 0.15) is 0 Å². The molecule has 5 nitrogen and oxygen atoms in total. The summed E-state index contributed by atoms with van der Waals surface area (Å²) >= 11 is 5.57. The summed E-state index contributed by atoms with van der Waals surface area (Å²) in [6, 6.07) is 4.56. The van der Waals surface area contributed by atoms with Crippen LogP contribution in [0.25, 0.3) is 0 Å². The highest BCUT2D eigenvalue weighted by molar-refractivity contribution is 7.89. The largest absolute Gasteiger partial charge is 0.480 e. The van der Waals surface area contributed by atoms with Gasteiger partial charge in [0.1, 0.15) is 13.1 Å². The molecular formula is C10H9ClF3NO4S. The van der Waals surface area contributed by atoms with E-state index in [-0.39, 0.29) is 9.33 Å². The number of hydrogen-bond donors (Lipinski definition) is 1. The summed E-state index contributed by atoms with van der Waals surface area (Å²) in [5.41, 5.74) is 0. The average Bonchev–Trinajstić information content (AvgIpc) is 2.25. The molecule has 0 amide bonds. The lowest BCUT2D eigenvalue weighted by Crippen LogP contribution is -2.41. The molecule has 0 unspecified atom stereocenters. The van der Waals surface area contributed by atoms with E-state index in [0.717, 1.165) is 12.1 Å². The molecule has 0 aromatic heterocycles. The van der Waals surface area contributed by atoms with E-state index in [9.17, 15) is 26.4 Å². The van der Waals surface area contributed by atoms with Crippen molar-refractivity contribution < 1.29 is 31.5 Å². The van der Waals surface area contributed by atoms with Crippen LogP contribution in [0.2, 0.25) is 5.02 Å². The molecule has 0 atom stereocenters. The maximum absolute atomic E-state index is 12.4. The Balaban J connectivity index is 3.20. The predicted octanol–water partition coefficient (Wildman–Crippen LogP) is 1.98. The van der Waals surface area contributed by atoms with Crippen molar-refractivity contribution >= 4 is 27.6 Å². The van der Waals surface area contributed by atoms with E-state index < -0.39 is 40.2 Å². The van der Waals surface area contributed by atoms with Crippen LogP contribution in [0.3, 0.4) is 0 Å². The zero-order valence-corrected chi connectivity index (χ0v) is 11.3. The molecule has 0 heterocycles. The van der Waals surface area contributed by atoms with Gasteiger partial charge in [0.15, 0.2) is 0 Å². The van der Waals surface area contributed by atoms with Crippen LogP contribution in [0.15, 0.2) is 29.2 Å². The Bertz CT molecular complexity index is 603. The van der Waals surface area contributed by atoms with Gasteiger partial charge in [0.25, 0.3) is 0 Å². The van der Waals surface area contributed by atoms with Crippen molar-refractivity contribution in [3.63, 3.8) is 0 Å². The predicted molar refractivity (Wildman–Crippen MR) is 63.9 cm³/mol. The van der Waals surface area contributed by atoms with Crippen LogP contribution >= 0.6 is 11.6 Å². The number of nitrogens with zero attached hydrogens (tertiary/aromatic N) is 1. The molecule has 1 aromatic carbocycles. The van der Waals surface area contributed by atoms with E-state index >= 15 is 0 Å².